The third-order valence-electron chi connectivity index (χ3n) is 7.61. The van der Waals surface area contributed by atoms with E-state index in [-0.39, 0.29) is 33.3 Å². The van der Waals surface area contributed by atoms with Crippen molar-refractivity contribution in [2.45, 2.75) is 50.2 Å². The van der Waals surface area contributed by atoms with E-state index in [0.29, 0.717) is 41.1 Å². The number of hydrogen-bond acceptors (Lipinski definition) is 12. The number of urea groups is 2. The van der Waals surface area contributed by atoms with E-state index < -0.39 is 31.4 Å². The molecule has 0 radical (unpaired) electrons. The molecule has 0 fully saturated rings. The van der Waals surface area contributed by atoms with Gasteiger partial charge in [-0.05, 0) is 62.7 Å². The predicted octanol–water partition coefficient (Wildman–Crippen LogP) is 6.49. The maximum atomic E-state index is 12.1. The molecule has 56 heavy (non-hydrogen) atoms. The van der Waals surface area contributed by atoms with Gasteiger partial charge in [0, 0.05) is 30.8 Å². The Balaban J connectivity index is 0.000000230. The molecule has 1 aliphatic rings. The van der Waals surface area contributed by atoms with Gasteiger partial charge in [0.1, 0.15) is 27.5 Å². The van der Waals surface area contributed by atoms with Crippen LogP contribution in [0.2, 0.25) is 10.0 Å². The topological polar surface area (TPSA) is 228 Å². The highest BCUT2D eigenvalue weighted by Crippen LogP contribution is 2.40. The van der Waals surface area contributed by atoms with Gasteiger partial charge in [0.25, 0.3) is 20.1 Å². The van der Waals surface area contributed by atoms with Gasteiger partial charge in [-0.15, -0.1) is 0 Å². The largest absolute Gasteiger partial charge is 0.492 e. The highest BCUT2D eigenvalue weighted by molar-refractivity contribution is 7.90. The summed E-state index contributed by atoms with van der Waals surface area (Å²) in [5, 5.41) is 4.45. The number of ether oxygens (including phenoxy) is 3. The Kier molecular flexibility index (Phi) is 15.6. The summed E-state index contributed by atoms with van der Waals surface area (Å²) in [6.07, 6.45) is 0. The number of amides is 4. The van der Waals surface area contributed by atoms with Gasteiger partial charge >= 0.3 is 18.1 Å². The molecule has 0 spiro atoms. The van der Waals surface area contributed by atoms with Gasteiger partial charge in [0.15, 0.2) is 0 Å². The molecule has 4 amide bonds. The third-order valence-corrected chi connectivity index (χ3v) is 10.9. The van der Waals surface area contributed by atoms with Crippen LogP contribution in [0.25, 0.3) is 0 Å². The highest BCUT2D eigenvalue weighted by Gasteiger charge is 2.33. The number of carbonyl (C=O) groups excluding carboxylic acids is 2. The van der Waals surface area contributed by atoms with Crippen LogP contribution in [0.5, 0.6) is 17.5 Å². The van der Waals surface area contributed by atoms with Crippen LogP contribution in [0.4, 0.5) is 21.2 Å². The zero-order valence-electron chi connectivity index (χ0n) is 31.7. The molecule has 5 rings (SSSR count). The van der Waals surface area contributed by atoms with Crippen LogP contribution in [0.1, 0.15) is 49.9 Å². The molecule has 0 aliphatic carbocycles. The fourth-order valence-electron chi connectivity index (χ4n) is 4.62. The minimum atomic E-state index is -4.13. The van der Waals surface area contributed by atoms with E-state index in [0.717, 1.165) is 11.3 Å². The molecule has 4 N–H and O–H groups in total. The summed E-state index contributed by atoms with van der Waals surface area (Å²) < 4.78 is 73.0. The number of aryl methyl sites for hydroxylation is 1. The van der Waals surface area contributed by atoms with Crippen molar-refractivity contribution in [3.8, 4) is 17.5 Å². The lowest BCUT2D eigenvalue weighted by Gasteiger charge is -2.17. The van der Waals surface area contributed by atoms with Crippen molar-refractivity contribution >= 4 is 67.0 Å². The van der Waals surface area contributed by atoms with E-state index in [2.05, 4.69) is 25.6 Å². The van der Waals surface area contributed by atoms with Gasteiger partial charge in [-0.3, -0.25) is 9.87 Å². The van der Waals surface area contributed by atoms with Gasteiger partial charge < -0.3 is 24.4 Å². The van der Waals surface area contributed by atoms with E-state index in [4.69, 9.17) is 42.0 Å². The molecule has 21 heteroatoms. The highest BCUT2D eigenvalue weighted by atomic mass is 35.5. The minimum absolute atomic E-state index is 0.00882. The molecule has 0 bridgehead atoms. The lowest BCUT2D eigenvalue weighted by molar-refractivity contribution is 0.230. The van der Waals surface area contributed by atoms with Gasteiger partial charge in [-0.1, -0.05) is 61.3 Å². The first-order valence-corrected chi connectivity index (χ1v) is 20.3. The van der Waals surface area contributed by atoms with Gasteiger partial charge in [0.05, 0.1) is 30.4 Å². The molecule has 1 atom stereocenters. The lowest BCUT2D eigenvalue weighted by atomic mass is 9.86. The Labute approximate surface area is 335 Å². The van der Waals surface area contributed by atoms with E-state index in [1.165, 1.54) is 37.1 Å². The number of methoxy groups -OCH3 is 1. The summed E-state index contributed by atoms with van der Waals surface area (Å²) in [6, 6.07) is 14.9. The smallest absolute Gasteiger partial charge is 0.335 e. The molecule has 0 saturated carbocycles. The molecule has 17 nitrogen and oxygen atoms in total. The van der Waals surface area contributed by atoms with Crippen LogP contribution in [0.3, 0.4) is 0 Å². The van der Waals surface area contributed by atoms with Gasteiger partial charge in [-0.25, -0.2) is 22.7 Å². The Morgan fingerprint density at radius 1 is 0.982 bits per heavy atom. The zero-order valence-corrected chi connectivity index (χ0v) is 34.9. The Hall–Kier alpha value is -4.95. The number of halogens is 2. The van der Waals surface area contributed by atoms with Crippen LogP contribution in [0.15, 0.2) is 65.6 Å². The second-order valence-corrected chi connectivity index (χ2v) is 16.9. The third kappa shape index (κ3) is 12.8. The second-order valence-electron chi connectivity index (χ2n) is 12.7. The molecule has 4 aromatic rings. The van der Waals surface area contributed by atoms with Crippen molar-refractivity contribution in [1.82, 2.24) is 24.6 Å². The number of anilines is 2. The number of nitrogens with one attached hydrogen (secondary N) is 3. The van der Waals surface area contributed by atoms with Crippen LogP contribution < -0.4 is 29.6 Å². The maximum absolute atomic E-state index is 12.1. The van der Waals surface area contributed by atoms with Crippen molar-refractivity contribution < 1.29 is 45.2 Å². The molecule has 3 aromatic carbocycles. The van der Waals surface area contributed by atoms with Gasteiger partial charge in [-0.2, -0.15) is 23.4 Å². The van der Waals surface area contributed by atoms with E-state index in [9.17, 15) is 26.4 Å². The van der Waals surface area contributed by atoms with Crippen molar-refractivity contribution in [2.24, 2.45) is 0 Å². The first kappa shape index (κ1) is 45.4. The summed E-state index contributed by atoms with van der Waals surface area (Å²) in [4.78, 5) is 35.9. The molecule has 1 aliphatic heterocycles. The summed E-state index contributed by atoms with van der Waals surface area (Å²) in [7, 11) is -3.49. The first-order valence-electron chi connectivity index (χ1n) is 16.6. The minimum Gasteiger partial charge on any atom is -0.492 e. The zero-order chi connectivity index (χ0) is 42.0. The molecular weight excluding hydrogens is 813 g/mol. The number of aromatic nitrogens is 3. The number of sulfonamides is 1. The number of fused-ring (bicyclic) bond motifs is 1. The average molecular weight is 857 g/mol. The number of carbonyl (C=O) groups is 2. The summed E-state index contributed by atoms with van der Waals surface area (Å²) in [6.45, 7) is 10.2. The molecular formula is C35H43Cl2N7O10S2. The summed E-state index contributed by atoms with van der Waals surface area (Å²) in [5.74, 6) is 1.55. The Morgan fingerprint density at radius 2 is 1.66 bits per heavy atom. The van der Waals surface area contributed by atoms with Crippen LogP contribution >= 0.6 is 23.2 Å². The number of hydrogen-bond donors (Lipinski definition) is 4. The number of rotatable bonds is 9. The van der Waals surface area contributed by atoms with E-state index in [1.54, 1.807) is 63.5 Å². The summed E-state index contributed by atoms with van der Waals surface area (Å²) in [5.41, 5.74) is 2.10. The second kappa shape index (κ2) is 19.3. The van der Waals surface area contributed by atoms with Crippen molar-refractivity contribution in [3.63, 3.8) is 0 Å². The molecule has 1 aromatic heterocycles. The van der Waals surface area contributed by atoms with Crippen LogP contribution in [0, 0.1) is 6.92 Å². The molecule has 0 saturated heterocycles. The molecule has 1 unspecified atom stereocenters. The Bertz CT molecular complexity index is 2260. The van der Waals surface area contributed by atoms with E-state index in [1.807, 2.05) is 25.5 Å². The number of nitrogens with zero attached hydrogens (tertiary/aromatic N) is 4. The average Bonchev–Trinajstić information content (AvgIpc) is 3.42. The van der Waals surface area contributed by atoms with Crippen molar-refractivity contribution in [3.05, 3.63) is 87.7 Å². The van der Waals surface area contributed by atoms with Crippen molar-refractivity contribution in [2.75, 3.05) is 45.1 Å². The maximum Gasteiger partial charge on any atom is 0.335 e. The molecule has 304 valence electrons. The normalized spacial score (nSPS) is 13.2. The van der Waals surface area contributed by atoms with E-state index >= 15 is 0 Å². The first-order chi connectivity index (χ1) is 26.1. The SMILES string of the molecule is CC(c1ccc2c(c1)C(C)(C)CO2)S(=O)(=O)O.CCOc1ccc(NC(=O)N(C)C)cc1Cl.COc1nc(C)nc(NC(=O)NS(=O)(=O)c2ccccc2Cl)n1. The van der Waals surface area contributed by atoms with Crippen LogP contribution in [-0.2, 0) is 25.6 Å². The fraction of sp³-hybridized carbons (Fsp3) is 0.343. The Morgan fingerprint density at radius 3 is 2.25 bits per heavy atom. The standard InChI is InChI=1S/C12H12ClN5O4S.C12H16O4S.C11H15ClN2O2/c1-7-14-10(17-12(15-7)22-2)16-11(19)18-23(20,21)9-6-4-3-5-8(9)13;1-8(17(13,14)15)9-4-5-11-10(6-9)12(2,3)7-16-11;1-4-16-10-6-5-8(7-9(10)12)13-11(15)14(2)3/h3-6H,1-2H3,(H2,14,15,16,17,18,19);4-6,8H,7H2,1-3H3,(H,13,14,15);5-7H,4H2,1-3H3,(H,13,15). The predicted molar refractivity (Wildman–Crippen MR) is 212 cm³/mol. The monoisotopic (exact) mass is 855 g/mol. The molecule has 2 heterocycles. The fourth-order valence-corrected chi connectivity index (χ4v) is 6.77. The van der Waals surface area contributed by atoms with Crippen molar-refractivity contribution in [1.29, 1.82) is 0 Å². The lowest BCUT2D eigenvalue weighted by Crippen LogP contribution is -2.35. The van der Waals surface area contributed by atoms with Crippen LogP contribution in [-0.4, -0.2) is 87.7 Å². The quantitative estimate of drug-likeness (QED) is 0.132. The number of benzene rings is 3. The van der Waals surface area contributed by atoms with Gasteiger partial charge in [0.2, 0.25) is 5.95 Å². The summed E-state index contributed by atoms with van der Waals surface area (Å²) >= 11 is 11.8.